The summed E-state index contributed by atoms with van der Waals surface area (Å²) in [6, 6.07) is 4.99. The summed E-state index contributed by atoms with van der Waals surface area (Å²) in [7, 11) is -3.46. The first-order chi connectivity index (χ1) is 8.44. The van der Waals surface area contributed by atoms with E-state index in [1.807, 2.05) is 0 Å². The number of hydrogen-bond acceptors (Lipinski definition) is 3. The summed E-state index contributed by atoms with van der Waals surface area (Å²) in [5, 5.41) is 9.07. The Labute approximate surface area is 108 Å². The fourth-order valence-electron chi connectivity index (χ4n) is 2.01. The van der Waals surface area contributed by atoms with Gasteiger partial charge in [-0.3, -0.25) is 0 Å². The number of rotatable bonds is 5. The first kappa shape index (κ1) is 13.5. The first-order valence-electron chi connectivity index (χ1n) is 6.14. The monoisotopic (exact) mass is 269 g/mol. The van der Waals surface area contributed by atoms with Gasteiger partial charge in [0.25, 0.3) is 0 Å². The SMILES string of the molecule is Cc1ccc(CO)cc1S(=O)(=O)NCC1CC1C. The normalized spacial score (nSPS) is 23.1. The van der Waals surface area contributed by atoms with E-state index in [1.165, 1.54) is 6.07 Å². The van der Waals surface area contributed by atoms with Gasteiger partial charge in [0.15, 0.2) is 0 Å². The lowest BCUT2D eigenvalue weighted by molar-refractivity contribution is 0.281. The summed E-state index contributed by atoms with van der Waals surface area (Å²) in [6.07, 6.45) is 1.10. The maximum atomic E-state index is 12.2. The molecule has 2 rings (SSSR count). The first-order valence-corrected chi connectivity index (χ1v) is 7.62. The lowest BCUT2D eigenvalue weighted by Gasteiger charge is -2.10. The second-order valence-electron chi connectivity index (χ2n) is 5.08. The summed E-state index contributed by atoms with van der Waals surface area (Å²) < 4.78 is 27.0. The van der Waals surface area contributed by atoms with E-state index in [4.69, 9.17) is 5.11 Å². The zero-order valence-electron chi connectivity index (χ0n) is 10.7. The van der Waals surface area contributed by atoms with E-state index in [0.717, 1.165) is 6.42 Å². The molecule has 0 aliphatic heterocycles. The van der Waals surface area contributed by atoms with Crippen molar-refractivity contribution in [2.24, 2.45) is 11.8 Å². The second kappa shape index (κ2) is 4.99. The van der Waals surface area contributed by atoms with E-state index in [0.29, 0.717) is 29.5 Å². The third-order valence-electron chi connectivity index (χ3n) is 3.54. The van der Waals surface area contributed by atoms with Crippen LogP contribution in [0.3, 0.4) is 0 Å². The lowest BCUT2D eigenvalue weighted by Crippen LogP contribution is -2.27. The van der Waals surface area contributed by atoms with Crippen molar-refractivity contribution in [3.63, 3.8) is 0 Å². The number of sulfonamides is 1. The van der Waals surface area contributed by atoms with E-state index in [1.54, 1.807) is 19.1 Å². The molecule has 0 spiro atoms. The van der Waals surface area contributed by atoms with Crippen LogP contribution in [0.25, 0.3) is 0 Å². The predicted molar refractivity (Wildman–Crippen MR) is 69.6 cm³/mol. The van der Waals surface area contributed by atoms with E-state index < -0.39 is 10.0 Å². The zero-order valence-corrected chi connectivity index (χ0v) is 11.5. The van der Waals surface area contributed by atoms with Crippen molar-refractivity contribution in [2.45, 2.75) is 31.8 Å². The van der Waals surface area contributed by atoms with Crippen LogP contribution in [-0.2, 0) is 16.6 Å². The Hall–Kier alpha value is -0.910. The molecule has 1 aliphatic carbocycles. The number of benzene rings is 1. The van der Waals surface area contributed by atoms with Gasteiger partial charge in [-0.25, -0.2) is 13.1 Å². The van der Waals surface area contributed by atoms with Crippen LogP contribution in [0.4, 0.5) is 0 Å². The quantitative estimate of drug-likeness (QED) is 0.849. The summed E-state index contributed by atoms with van der Waals surface area (Å²) >= 11 is 0. The van der Waals surface area contributed by atoms with Crippen LogP contribution >= 0.6 is 0 Å². The number of aliphatic hydroxyl groups excluding tert-OH is 1. The molecule has 18 heavy (non-hydrogen) atoms. The van der Waals surface area contributed by atoms with Crippen LogP contribution in [0.2, 0.25) is 0 Å². The van der Waals surface area contributed by atoms with Crippen LogP contribution in [0, 0.1) is 18.8 Å². The van der Waals surface area contributed by atoms with E-state index >= 15 is 0 Å². The molecule has 1 aromatic carbocycles. The number of aliphatic hydroxyl groups is 1. The summed E-state index contributed by atoms with van der Waals surface area (Å²) in [4.78, 5) is 0.266. The molecule has 2 N–H and O–H groups in total. The Morgan fingerprint density at radius 3 is 2.67 bits per heavy atom. The molecule has 1 saturated carbocycles. The average molecular weight is 269 g/mol. The fourth-order valence-corrected chi connectivity index (χ4v) is 3.40. The largest absolute Gasteiger partial charge is 0.392 e. The summed E-state index contributed by atoms with van der Waals surface area (Å²) in [6.45, 7) is 4.24. The minimum atomic E-state index is -3.46. The number of aryl methyl sites for hydroxylation is 1. The Morgan fingerprint density at radius 1 is 1.44 bits per heavy atom. The molecule has 100 valence electrons. The molecule has 1 aromatic rings. The van der Waals surface area contributed by atoms with Crippen molar-refractivity contribution in [3.8, 4) is 0 Å². The zero-order chi connectivity index (χ0) is 13.3. The standard InChI is InChI=1S/C13H19NO3S/c1-9-3-4-11(8-15)6-13(9)18(16,17)14-7-12-5-10(12)2/h3-4,6,10,12,14-15H,5,7-8H2,1-2H3. The smallest absolute Gasteiger partial charge is 0.240 e. The molecular weight excluding hydrogens is 250 g/mol. The molecule has 2 unspecified atom stereocenters. The Balaban J connectivity index is 2.17. The number of nitrogens with one attached hydrogen (secondary N) is 1. The Morgan fingerprint density at radius 2 is 2.11 bits per heavy atom. The van der Waals surface area contributed by atoms with Crippen molar-refractivity contribution in [3.05, 3.63) is 29.3 Å². The van der Waals surface area contributed by atoms with Gasteiger partial charge in [0, 0.05) is 6.54 Å². The van der Waals surface area contributed by atoms with Crippen molar-refractivity contribution < 1.29 is 13.5 Å². The van der Waals surface area contributed by atoms with Gasteiger partial charge in [-0.2, -0.15) is 0 Å². The molecule has 1 aliphatic rings. The fraction of sp³-hybridized carbons (Fsp3) is 0.538. The van der Waals surface area contributed by atoms with Crippen molar-refractivity contribution in [1.29, 1.82) is 0 Å². The molecule has 0 saturated heterocycles. The minimum Gasteiger partial charge on any atom is -0.392 e. The molecule has 0 aromatic heterocycles. The molecule has 0 amide bonds. The van der Waals surface area contributed by atoms with Crippen LogP contribution in [0.1, 0.15) is 24.5 Å². The van der Waals surface area contributed by atoms with Gasteiger partial charge in [0.05, 0.1) is 11.5 Å². The highest BCUT2D eigenvalue weighted by Crippen LogP contribution is 2.37. The highest BCUT2D eigenvalue weighted by atomic mass is 32.2. The van der Waals surface area contributed by atoms with Crippen LogP contribution < -0.4 is 4.72 Å². The van der Waals surface area contributed by atoms with E-state index in [9.17, 15) is 8.42 Å². The van der Waals surface area contributed by atoms with E-state index in [-0.39, 0.29) is 11.5 Å². The third kappa shape index (κ3) is 2.91. The van der Waals surface area contributed by atoms with Gasteiger partial charge in [-0.1, -0.05) is 19.1 Å². The molecule has 5 heteroatoms. The molecule has 4 nitrogen and oxygen atoms in total. The van der Waals surface area contributed by atoms with Crippen molar-refractivity contribution >= 4 is 10.0 Å². The van der Waals surface area contributed by atoms with Gasteiger partial charge in [0.2, 0.25) is 10.0 Å². The van der Waals surface area contributed by atoms with Gasteiger partial charge in [-0.05, 0) is 42.4 Å². The Bertz CT molecular complexity index is 539. The molecule has 0 bridgehead atoms. The maximum absolute atomic E-state index is 12.2. The molecule has 2 atom stereocenters. The van der Waals surface area contributed by atoms with E-state index in [2.05, 4.69) is 11.6 Å². The van der Waals surface area contributed by atoms with Crippen molar-refractivity contribution in [1.82, 2.24) is 4.72 Å². The maximum Gasteiger partial charge on any atom is 0.240 e. The number of hydrogen-bond donors (Lipinski definition) is 2. The van der Waals surface area contributed by atoms with Gasteiger partial charge in [-0.15, -0.1) is 0 Å². The van der Waals surface area contributed by atoms with Crippen LogP contribution in [-0.4, -0.2) is 20.1 Å². The molecule has 1 fully saturated rings. The molecular formula is C13H19NO3S. The Kier molecular flexibility index (Phi) is 3.75. The predicted octanol–water partition coefficient (Wildman–Crippen LogP) is 1.42. The molecule has 0 radical (unpaired) electrons. The minimum absolute atomic E-state index is 0.150. The molecule has 0 heterocycles. The summed E-state index contributed by atoms with van der Waals surface area (Å²) in [5.41, 5.74) is 1.31. The topological polar surface area (TPSA) is 66.4 Å². The van der Waals surface area contributed by atoms with Crippen LogP contribution in [0.5, 0.6) is 0 Å². The van der Waals surface area contributed by atoms with Crippen molar-refractivity contribution in [2.75, 3.05) is 6.54 Å². The van der Waals surface area contributed by atoms with Gasteiger partial charge >= 0.3 is 0 Å². The summed E-state index contributed by atoms with van der Waals surface area (Å²) in [5.74, 6) is 1.10. The average Bonchev–Trinajstić information content (AvgIpc) is 3.03. The van der Waals surface area contributed by atoms with Crippen LogP contribution in [0.15, 0.2) is 23.1 Å². The lowest BCUT2D eigenvalue weighted by atomic mass is 10.2. The third-order valence-corrected chi connectivity index (χ3v) is 5.10. The highest BCUT2D eigenvalue weighted by molar-refractivity contribution is 7.89. The van der Waals surface area contributed by atoms with Gasteiger partial charge < -0.3 is 5.11 Å². The second-order valence-corrected chi connectivity index (χ2v) is 6.82. The highest BCUT2D eigenvalue weighted by Gasteiger charge is 2.33. The van der Waals surface area contributed by atoms with Gasteiger partial charge in [0.1, 0.15) is 0 Å².